The largest absolute Gasteiger partial charge is 0.480 e. The molecule has 9 heteroatoms. The van der Waals surface area contributed by atoms with E-state index in [0.29, 0.717) is 0 Å². The number of aromatic nitrogens is 2. The number of fused-ring (bicyclic) bond motifs is 1. The van der Waals surface area contributed by atoms with E-state index in [9.17, 15) is 27.9 Å². The minimum absolute atomic E-state index is 0.0153. The summed E-state index contributed by atoms with van der Waals surface area (Å²) in [5, 5.41) is 11.6. The summed E-state index contributed by atoms with van der Waals surface area (Å²) in [5.74, 6) is -1.97. The van der Waals surface area contributed by atoms with Gasteiger partial charge in [0, 0.05) is 6.20 Å². The van der Waals surface area contributed by atoms with Crippen molar-refractivity contribution in [1.82, 2.24) is 14.7 Å². The Morgan fingerprint density at radius 2 is 1.96 bits per heavy atom. The highest BCUT2D eigenvalue weighted by Crippen LogP contribution is 2.29. The zero-order chi connectivity index (χ0) is 18.9. The van der Waals surface area contributed by atoms with Gasteiger partial charge in [0.1, 0.15) is 17.4 Å². The Bertz CT molecular complexity index is 812. The summed E-state index contributed by atoms with van der Waals surface area (Å²) in [4.78, 5) is 27.8. The van der Waals surface area contributed by atoms with Gasteiger partial charge in [-0.2, -0.15) is 13.2 Å². The molecule has 2 aromatic rings. The topological polar surface area (TPSA) is 83.7 Å². The number of rotatable bonds is 5. The van der Waals surface area contributed by atoms with Crippen molar-refractivity contribution in [2.45, 2.75) is 39.4 Å². The van der Waals surface area contributed by atoms with Gasteiger partial charge in [0.25, 0.3) is 5.91 Å². The molecule has 0 fully saturated rings. The lowest BCUT2D eigenvalue weighted by molar-refractivity contribution is -0.140. The Morgan fingerprint density at radius 3 is 2.48 bits per heavy atom. The minimum atomic E-state index is -4.57. The number of carbonyl (C=O) groups is 2. The first-order chi connectivity index (χ1) is 11.5. The van der Waals surface area contributed by atoms with E-state index in [-0.39, 0.29) is 29.4 Å². The maximum Gasteiger partial charge on any atom is 0.417 e. The van der Waals surface area contributed by atoms with Gasteiger partial charge in [-0.1, -0.05) is 13.8 Å². The van der Waals surface area contributed by atoms with Crippen molar-refractivity contribution in [3.63, 3.8) is 0 Å². The smallest absolute Gasteiger partial charge is 0.417 e. The Balaban J connectivity index is 2.43. The Morgan fingerprint density at radius 1 is 1.32 bits per heavy atom. The number of pyridine rings is 1. The Labute approximate surface area is 141 Å². The minimum Gasteiger partial charge on any atom is -0.480 e. The van der Waals surface area contributed by atoms with Gasteiger partial charge >= 0.3 is 12.1 Å². The maximum atomic E-state index is 12.9. The maximum absolute atomic E-state index is 12.9. The molecule has 6 nitrogen and oxygen atoms in total. The van der Waals surface area contributed by atoms with E-state index in [2.05, 4.69) is 10.3 Å². The van der Waals surface area contributed by atoms with Crippen molar-refractivity contribution >= 4 is 17.5 Å². The molecule has 25 heavy (non-hydrogen) atoms. The summed E-state index contributed by atoms with van der Waals surface area (Å²) in [5.41, 5.74) is -0.656. The number of amides is 1. The molecule has 1 unspecified atom stereocenters. The van der Waals surface area contributed by atoms with Crippen LogP contribution in [-0.4, -0.2) is 32.4 Å². The molecule has 0 aromatic carbocycles. The fourth-order valence-electron chi connectivity index (χ4n) is 2.52. The van der Waals surface area contributed by atoms with E-state index < -0.39 is 29.7 Å². The van der Waals surface area contributed by atoms with Crippen molar-refractivity contribution in [3.8, 4) is 0 Å². The number of imidazole rings is 1. The molecule has 2 heterocycles. The van der Waals surface area contributed by atoms with Crippen LogP contribution in [0.4, 0.5) is 13.2 Å². The molecule has 0 spiro atoms. The molecule has 1 atom stereocenters. The van der Waals surface area contributed by atoms with E-state index >= 15 is 0 Å². The second kappa shape index (κ2) is 6.73. The first-order valence-corrected chi connectivity index (χ1v) is 7.60. The van der Waals surface area contributed by atoms with Crippen molar-refractivity contribution in [2.75, 3.05) is 0 Å². The van der Waals surface area contributed by atoms with Crippen LogP contribution >= 0.6 is 0 Å². The van der Waals surface area contributed by atoms with Gasteiger partial charge in [-0.05, 0) is 31.4 Å². The lowest BCUT2D eigenvalue weighted by atomic mass is 10.0. The fraction of sp³-hybridized carbons (Fsp3) is 0.438. The second-order valence-corrected chi connectivity index (χ2v) is 6.18. The molecule has 0 aliphatic carbocycles. The van der Waals surface area contributed by atoms with Crippen LogP contribution in [0, 0.1) is 12.8 Å². The third-order valence-corrected chi connectivity index (χ3v) is 3.65. The van der Waals surface area contributed by atoms with Gasteiger partial charge in [-0.3, -0.25) is 9.20 Å². The van der Waals surface area contributed by atoms with Gasteiger partial charge in [-0.15, -0.1) is 0 Å². The molecule has 0 aliphatic rings. The molecule has 2 rings (SSSR count). The number of alkyl halides is 3. The van der Waals surface area contributed by atoms with Crippen LogP contribution in [0.1, 0.15) is 42.0 Å². The number of aryl methyl sites for hydroxylation is 1. The molecular weight excluding hydrogens is 339 g/mol. The number of nitrogens with one attached hydrogen (secondary N) is 1. The van der Waals surface area contributed by atoms with Gasteiger partial charge in [0.2, 0.25) is 0 Å². The average Bonchev–Trinajstić information content (AvgIpc) is 2.79. The highest BCUT2D eigenvalue weighted by Gasteiger charge is 2.32. The van der Waals surface area contributed by atoms with Crippen LogP contribution in [0.5, 0.6) is 0 Å². The van der Waals surface area contributed by atoms with Crippen LogP contribution in [0.3, 0.4) is 0 Å². The number of carbonyl (C=O) groups excluding carboxylic acids is 1. The van der Waals surface area contributed by atoms with Gasteiger partial charge in [0.15, 0.2) is 0 Å². The average molecular weight is 357 g/mol. The van der Waals surface area contributed by atoms with Crippen LogP contribution in [0.15, 0.2) is 18.3 Å². The number of nitrogens with zero attached hydrogens (tertiary/aromatic N) is 2. The molecular formula is C16H18F3N3O3. The van der Waals surface area contributed by atoms with E-state index in [0.717, 1.165) is 22.7 Å². The summed E-state index contributed by atoms with van der Waals surface area (Å²) in [6.45, 7) is 5.09. The monoisotopic (exact) mass is 357 g/mol. The number of carboxylic acids is 1. The van der Waals surface area contributed by atoms with Crippen LogP contribution in [0.2, 0.25) is 0 Å². The third kappa shape index (κ3) is 4.09. The lowest BCUT2D eigenvalue weighted by Gasteiger charge is -2.16. The lowest BCUT2D eigenvalue weighted by Crippen LogP contribution is -2.42. The fourth-order valence-corrected chi connectivity index (χ4v) is 2.52. The molecule has 136 valence electrons. The first kappa shape index (κ1) is 18.8. The quantitative estimate of drug-likeness (QED) is 0.862. The van der Waals surface area contributed by atoms with Crippen molar-refractivity contribution in [1.29, 1.82) is 0 Å². The van der Waals surface area contributed by atoms with Gasteiger partial charge < -0.3 is 10.4 Å². The zero-order valence-electron chi connectivity index (χ0n) is 13.9. The number of halogens is 3. The van der Waals surface area contributed by atoms with Crippen molar-refractivity contribution in [2.24, 2.45) is 5.92 Å². The molecule has 2 N–H and O–H groups in total. The van der Waals surface area contributed by atoms with E-state index in [1.807, 2.05) is 0 Å². The molecule has 0 bridgehead atoms. The zero-order valence-corrected chi connectivity index (χ0v) is 13.9. The molecule has 0 saturated carbocycles. The van der Waals surface area contributed by atoms with E-state index in [1.165, 1.54) is 6.92 Å². The molecule has 1 amide bonds. The summed E-state index contributed by atoms with van der Waals surface area (Å²) in [6, 6.07) is 0.903. The summed E-state index contributed by atoms with van der Waals surface area (Å²) in [7, 11) is 0. The van der Waals surface area contributed by atoms with E-state index in [4.69, 9.17) is 0 Å². The molecule has 0 saturated heterocycles. The van der Waals surface area contributed by atoms with Crippen LogP contribution in [0.25, 0.3) is 5.65 Å². The predicted octanol–water partition coefficient (Wildman–Crippen LogP) is 2.89. The van der Waals surface area contributed by atoms with E-state index in [1.54, 1.807) is 13.8 Å². The normalized spacial score (nSPS) is 13.2. The summed E-state index contributed by atoms with van der Waals surface area (Å²) < 4.78 is 39.7. The predicted molar refractivity (Wildman–Crippen MR) is 83.3 cm³/mol. The highest BCUT2D eigenvalue weighted by atomic mass is 19.4. The highest BCUT2D eigenvalue weighted by molar-refractivity contribution is 5.97. The second-order valence-electron chi connectivity index (χ2n) is 6.18. The number of hydrogen-bond donors (Lipinski definition) is 2. The van der Waals surface area contributed by atoms with Gasteiger partial charge in [0.05, 0.1) is 11.3 Å². The molecule has 2 aromatic heterocycles. The van der Waals surface area contributed by atoms with Crippen molar-refractivity contribution in [3.05, 3.63) is 35.3 Å². The molecule has 0 radical (unpaired) electrons. The van der Waals surface area contributed by atoms with Gasteiger partial charge in [-0.25, -0.2) is 9.78 Å². The first-order valence-electron chi connectivity index (χ1n) is 7.60. The van der Waals surface area contributed by atoms with Crippen molar-refractivity contribution < 1.29 is 27.9 Å². The summed E-state index contributed by atoms with van der Waals surface area (Å²) >= 11 is 0. The van der Waals surface area contributed by atoms with Crippen LogP contribution in [-0.2, 0) is 11.0 Å². The standard InChI is InChI=1S/C16H18F3N3O3/c1-8(2)6-11(15(24)25)21-14(23)13-9(3)20-12-5-4-10(7-22(12)13)16(17,18)19/h4-5,7-8,11H,6H2,1-3H3,(H,21,23)(H,24,25). The Hall–Kier alpha value is -2.58. The summed E-state index contributed by atoms with van der Waals surface area (Å²) in [6.07, 6.45) is -3.59. The SMILES string of the molecule is Cc1nc2ccc(C(F)(F)F)cn2c1C(=O)NC(CC(C)C)C(=O)O. The molecule has 0 aliphatic heterocycles. The Kier molecular flexibility index (Phi) is 5.05. The van der Waals surface area contributed by atoms with Crippen LogP contribution < -0.4 is 5.32 Å². The number of aliphatic carboxylic acids is 1. The number of hydrogen-bond acceptors (Lipinski definition) is 3. The number of carboxylic acid groups (broad SMARTS) is 1. The third-order valence-electron chi connectivity index (χ3n) is 3.65.